The van der Waals surface area contributed by atoms with E-state index >= 15 is 0 Å². The highest BCUT2D eigenvalue weighted by atomic mass is 127. The minimum absolute atomic E-state index is 0. The van der Waals surface area contributed by atoms with Gasteiger partial charge in [-0.05, 0) is 40.5 Å². The normalized spacial score (nSPS) is 13.6. The SMILES string of the molecule is CCCCC(CNC(=O)OC(C)(C)C)NC(=NCC(=O)N(C)C)NC(C)CC.I. The summed E-state index contributed by atoms with van der Waals surface area (Å²) in [7, 11) is 3.42. The van der Waals surface area contributed by atoms with Crippen LogP contribution in [0.5, 0.6) is 0 Å². The average Bonchev–Trinajstić information content (AvgIpc) is 2.59. The Morgan fingerprint density at radius 1 is 1.14 bits per heavy atom. The van der Waals surface area contributed by atoms with E-state index in [1.807, 2.05) is 20.8 Å². The number of nitrogens with zero attached hydrogens (tertiary/aromatic N) is 2. The van der Waals surface area contributed by atoms with Crippen molar-refractivity contribution in [2.24, 2.45) is 4.99 Å². The zero-order valence-corrected chi connectivity index (χ0v) is 21.8. The molecule has 0 radical (unpaired) electrons. The van der Waals surface area contributed by atoms with Gasteiger partial charge in [-0.1, -0.05) is 26.7 Å². The first-order valence-corrected chi connectivity index (χ1v) is 10.2. The lowest BCUT2D eigenvalue weighted by molar-refractivity contribution is -0.127. The summed E-state index contributed by atoms with van der Waals surface area (Å²) in [5.41, 5.74) is -0.534. The van der Waals surface area contributed by atoms with Gasteiger partial charge in [0.05, 0.1) is 0 Å². The Morgan fingerprint density at radius 2 is 1.76 bits per heavy atom. The maximum atomic E-state index is 12.0. The number of guanidine groups is 1. The molecule has 0 saturated heterocycles. The number of aliphatic imine (C=N–C) groups is 1. The average molecular weight is 527 g/mol. The standard InChI is InChI=1S/C20H41N5O3.HI/c1-9-11-12-16(13-22-19(27)28-20(4,5)6)24-18(23-15(3)10-2)21-14-17(26)25(7)8;/h15-16H,9-14H2,1-8H3,(H,22,27)(H2,21,23,24);1H. The molecule has 0 aliphatic heterocycles. The Labute approximate surface area is 194 Å². The highest BCUT2D eigenvalue weighted by Crippen LogP contribution is 2.07. The summed E-state index contributed by atoms with van der Waals surface area (Å²) in [5.74, 6) is 0.513. The number of carbonyl (C=O) groups excluding carboxylic acids is 2. The molecule has 0 fully saturated rings. The van der Waals surface area contributed by atoms with Crippen LogP contribution in [-0.2, 0) is 9.53 Å². The Hall–Kier alpha value is -1.26. The van der Waals surface area contributed by atoms with E-state index in [4.69, 9.17) is 4.74 Å². The fraction of sp³-hybridized carbons (Fsp3) is 0.850. The molecule has 2 amide bonds. The van der Waals surface area contributed by atoms with Crippen LogP contribution >= 0.6 is 24.0 Å². The molecule has 9 heteroatoms. The summed E-state index contributed by atoms with van der Waals surface area (Å²) >= 11 is 0. The topological polar surface area (TPSA) is 95.1 Å². The van der Waals surface area contributed by atoms with Crippen LogP contribution in [0.4, 0.5) is 4.79 Å². The number of halogens is 1. The quantitative estimate of drug-likeness (QED) is 0.231. The Balaban J connectivity index is 0. The minimum atomic E-state index is -0.534. The van der Waals surface area contributed by atoms with Crippen molar-refractivity contribution < 1.29 is 14.3 Å². The first-order chi connectivity index (χ1) is 13.0. The summed E-state index contributed by atoms with van der Waals surface area (Å²) in [6.07, 6.45) is 3.43. The number of alkyl carbamates (subject to hydrolysis) is 1. The molecular weight excluding hydrogens is 485 g/mol. The second-order valence-corrected chi connectivity index (χ2v) is 8.27. The Kier molecular flexibility index (Phi) is 16.1. The van der Waals surface area contributed by atoms with Crippen molar-refractivity contribution in [3.8, 4) is 0 Å². The fourth-order valence-corrected chi connectivity index (χ4v) is 2.15. The van der Waals surface area contributed by atoms with Crippen molar-refractivity contribution in [1.29, 1.82) is 0 Å². The van der Waals surface area contributed by atoms with Crippen molar-refractivity contribution in [3.63, 3.8) is 0 Å². The van der Waals surface area contributed by atoms with Crippen molar-refractivity contribution in [1.82, 2.24) is 20.9 Å². The van der Waals surface area contributed by atoms with Crippen LogP contribution in [0.2, 0.25) is 0 Å². The van der Waals surface area contributed by atoms with Crippen LogP contribution in [0.15, 0.2) is 4.99 Å². The fourth-order valence-electron chi connectivity index (χ4n) is 2.15. The number of hydrogen-bond acceptors (Lipinski definition) is 4. The third kappa shape index (κ3) is 16.2. The molecule has 0 aliphatic carbocycles. The van der Waals surface area contributed by atoms with Gasteiger partial charge in [0.25, 0.3) is 0 Å². The highest BCUT2D eigenvalue weighted by Gasteiger charge is 2.18. The molecule has 172 valence electrons. The van der Waals surface area contributed by atoms with E-state index in [1.165, 1.54) is 4.90 Å². The number of hydrogen-bond donors (Lipinski definition) is 3. The van der Waals surface area contributed by atoms with Crippen LogP contribution in [0.25, 0.3) is 0 Å². The summed E-state index contributed by atoms with van der Waals surface area (Å²) in [6.45, 7) is 12.3. The molecule has 0 heterocycles. The van der Waals surface area contributed by atoms with Gasteiger partial charge in [-0.15, -0.1) is 24.0 Å². The molecule has 0 saturated carbocycles. The smallest absolute Gasteiger partial charge is 0.407 e. The van der Waals surface area contributed by atoms with Crippen LogP contribution < -0.4 is 16.0 Å². The van der Waals surface area contributed by atoms with Crippen LogP contribution in [0.1, 0.15) is 67.2 Å². The first kappa shape index (κ1) is 29.9. The molecule has 0 aromatic rings. The van der Waals surface area contributed by atoms with Gasteiger partial charge in [0.2, 0.25) is 5.91 Å². The van der Waals surface area contributed by atoms with Crippen molar-refractivity contribution >= 4 is 41.9 Å². The maximum absolute atomic E-state index is 12.0. The molecule has 3 N–H and O–H groups in total. The van der Waals surface area contributed by atoms with Gasteiger partial charge < -0.3 is 25.6 Å². The van der Waals surface area contributed by atoms with Gasteiger partial charge in [-0.3, -0.25) is 4.79 Å². The molecular formula is C20H42IN5O3. The number of carbonyl (C=O) groups is 2. The van der Waals surface area contributed by atoms with Gasteiger partial charge in [0.1, 0.15) is 12.1 Å². The Morgan fingerprint density at radius 3 is 2.24 bits per heavy atom. The first-order valence-electron chi connectivity index (χ1n) is 10.2. The van der Waals surface area contributed by atoms with E-state index in [-0.39, 0.29) is 48.5 Å². The zero-order valence-electron chi connectivity index (χ0n) is 19.4. The summed E-state index contributed by atoms with van der Waals surface area (Å²) in [5, 5.41) is 9.50. The van der Waals surface area contributed by atoms with Crippen LogP contribution in [-0.4, -0.2) is 67.7 Å². The van der Waals surface area contributed by atoms with Gasteiger partial charge in [0.15, 0.2) is 5.96 Å². The molecule has 0 aromatic carbocycles. The molecule has 8 nitrogen and oxygen atoms in total. The second kappa shape index (κ2) is 15.6. The predicted octanol–water partition coefficient (Wildman–Crippen LogP) is 3.11. The van der Waals surface area contributed by atoms with Crippen LogP contribution in [0, 0.1) is 0 Å². The van der Waals surface area contributed by atoms with Gasteiger partial charge in [-0.25, -0.2) is 9.79 Å². The predicted molar refractivity (Wildman–Crippen MR) is 130 cm³/mol. The molecule has 2 unspecified atom stereocenters. The highest BCUT2D eigenvalue weighted by molar-refractivity contribution is 14.0. The lowest BCUT2D eigenvalue weighted by Crippen LogP contribution is -2.51. The molecule has 2 atom stereocenters. The third-order valence-electron chi connectivity index (χ3n) is 4.01. The van der Waals surface area contributed by atoms with Gasteiger partial charge in [0, 0.05) is 32.7 Å². The van der Waals surface area contributed by atoms with Crippen LogP contribution in [0.3, 0.4) is 0 Å². The lowest BCUT2D eigenvalue weighted by atomic mass is 10.1. The largest absolute Gasteiger partial charge is 0.444 e. The third-order valence-corrected chi connectivity index (χ3v) is 4.01. The summed E-state index contributed by atoms with van der Waals surface area (Å²) in [4.78, 5) is 29.8. The Bertz CT molecular complexity index is 507. The van der Waals surface area contributed by atoms with E-state index in [0.717, 1.165) is 25.7 Å². The monoisotopic (exact) mass is 527 g/mol. The minimum Gasteiger partial charge on any atom is -0.444 e. The van der Waals surface area contributed by atoms with E-state index < -0.39 is 11.7 Å². The van der Waals surface area contributed by atoms with Crippen molar-refractivity contribution in [3.05, 3.63) is 0 Å². The number of ether oxygens (including phenoxy) is 1. The zero-order chi connectivity index (χ0) is 21.7. The van der Waals surface area contributed by atoms with Crippen molar-refractivity contribution in [2.45, 2.75) is 84.9 Å². The van der Waals surface area contributed by atoms with Gasteiger partial charge in [-0.2, -0.15) is 0 Å². The molecule has 0 bridgehead atoms. The number of nitrogens with one attached hydrogen (secondary N) is 3. The second-order valence-electron chi connectivity index (χ2n) is 8.27. The van der Waals surface area contributed by atoms with E-state index in [1.54, 1.807) is 14.1 Å². The van der Waals surface area contributed by atoms with Crippen molar-refractivity contribution in [2.75, 3.05) is 27.2 Å². The van der Waals surface area contributed by atoms with E-state index in [9.17, 15) is 9.59 Å². The van der Waals surface area contributed by atoms with E-state index in [0.29, 0.717) is 12.5 Å². The number of unbranched alkanes of at least 4 members (excludes halogenated alkanes) is 1. The number of likely N-dealkylation sites (N-methyl/N-ethyl adjacent to an activating group) is 1. The molecule has 29 heavy (non-hydrogen) atoms. The van der Waals surface area contributed by atoms with Gasteiger partial charge >= 0.3 is 6.09 Å². The molecule has 0 rings (SSSR count). The number of amides is 2. The molecule has 0 aromatic heterocycles. The number of rotatable bonds is 10. The molecule has 0 aliphatic rings. The molecule has 0 spiro atoms. The summed E-state index contributed by atoms with van der Waals surface area (Å²) < 4.78 is 5.31. The lowest BCUT2D eigenvalue weighted by Gasteiger charge is -2.25. The maximum Gasteiger partial charge on any atom is 0.407 e. The summed E-state index contributed by atoms with van der Waals surface area (Å²) in [6, 6.07) is 0.198. The van der Waals surface area contributed by atoms with E-state index in [2.05, 4.69) is 41.7 Å².